The summed E-state index contributed by atoms with van der Waals surface area (Å²) in [5.41, 5.74) is 1.87. The number of nitrogens with one attached hydrogen (secondary N) is 1. The summed E-state index contributed by atoms with van der Waals surface area (Å²) in [7, 11) is 0. The van der Waals surface area contributed by atoms with Gasteiger partial charge in [-0.2, -0.15) is 0 Å². The second kappa shape index (κ2) is 6.14. The zero-order valence-electron chi connectivity index (χ0n) is 9.46. The Hall–Kier alpha value is -1.16. The van der Waals surface area contributed by atoms with Crippen LogP contribution in [0.1, 0.15) is 11.1 Å². The standard InChI is InChI=1S/C13H11Cl2FN2/c14-11-3-1-9(5-12(11)16)6-17-7-10-2-4-13(15)18-8-10/h1-5,8,17H,6-7H2. The maximum Gasteiger partial charge on any atom is 0.142 e. The van der Waals surface area contributed by atoms with Crippen molar-refractivity contribution in [3.05, 3.63) is 63.6 Å². The Bertz CT molecular complexity index is 529. The highest BCUT2D eigenvalue weighted by molar-refractivity contribution is 6.30. The molecular weight excluding hydrogens is 274 g/mol. The summed E-state index contributed by atoms with van der Waals surface area (Å²) in [4.78, 5) is 3.98. The van der Waals surface area contributed by atoms with Crippen LogP contribution in [0, 0.1) is 5.82 Å². The van der Waals surface area contributed by atoms with Gasteiger partial charge in [0.25, 0.3) is 0 Å². The lowest BCUT2D eigenvalue weighted by Crippen LogP contribution is -2.12. The summed E-state index contributed by atoms with van der Waals surface area (Å²) < 4.78 is 13.2. The molecule has 2 nitrogen and oxygen atoms in total. The molecule has 0 unspecified atom stereocenters. The topological polar surface area (TPSA) is 24.9 Å². The minimum Gasteiger partial charge on any atom is -0.309 e. The van der Waals surface area contributed by atoms with Crippen LogP contribution in [0.4, 0.5) is 4.39 Å². The average Bonchev–Trinajstić information content (AvgIpc) is 2.36. The zero-order valence-corrected chi connectivity index (χ0v) is 11.0. The van der Waals surface area contributed by atoms with E-state index in [1.165, 1.54) is 6.07 Å². The van der Waals surface area contributed by atoms with Crippen LogP contribution in [-0.2, 0) is 13.1 Å². The molecule has 0 aliphatic rings. The zero-order chi connectivity index (χ0) is 13.0. The van der Waals surface area contributed by atoms with Crippen molar-refractivity contribution in [2.75, 3.05) is 0 Å². The van der Waals surface area contributed by atoms with Gasteiger partial charge in [-0.25, -0.2) is 9.37 Å². The molecule has 2 aromatic rings. The quantitative estimate of drug-likeness (QED) is 0.864. The highest BCUT2D eigenvalue weighted by Gasteiger charge is 2.01. The number of nitrogens with zero attached hydrogens (tertiary/aromatic N) is 1. The summed E-state index contributed by atoms with van der Waals surface area (Å²) in [6, 6.07) is 8.40. The first kappa shape index (κ1) is 13.3. The average molecular weight is 285 g/mol. The number of hydrogen-bond donors (Lipinski definition) is 1. The third-order valence-corrected chi connectivity index (χ3v) is 2.96. The Balaban J connectivity index is 1.88. The van der Waals surface area contributed by atoms with Crippen LogP contribution < -0.4 is 5.32 Å². The fourth-order valence-corrected chi connectivity index (χ4v) is 1.74. The first-order chi connectivity index (χ1) is 8.65. The van der Waals surface area contributed by atoms with Crippen LogP contribution in [-0.4, -0.2) is 4.98 Å². The van der Waals surface area contributed by atoms with Crippen molar-refractivity contribution in [2.24, 2.45) is 0 Å². The number of pyridine rings is 1. The Labute approximate surface area is 115 Å². The van der Waals surface area contributed by atoms with Crippen molar-refractivity contribution in [2.45, 2.75) is 13.1 Å². The van der Waals surface area contributed by atoms with Crippen LogP contribution in [0.15, 0.2) is 36.5 Å². The van der Waals surface area contributed by atoms with Crippen molar-refractivity contribution in [3.63, 3.8) is 0 Å². The molecule has 0 aliphatic carbocycles. The molecule has 0 bridgehead atoms. The molecular formula is C13H11Cl2FN2. The Morgan fingerprint density at radius 3 is 2.44 bits per heavy atom. The van der Waals surface area contributed by atoms with Gasteiger partial charge in [-0.15, -0.1) is 0 Å². The van der Waals surface area contributed by atoms with Crippen LogP contribution in [0.3, 0.4) is 0 Å². The van der Waals surface area contributed by atoms with E-state index in [0.717, 1.165) is 11.1 Å². The SMILES string of the molecule is Fc1cc(CNCc2ccc(Cl)nc2)ccc1Cl. The minimum absolute atomic E-state index is 0.139. The van der Waals surface area contributed by atoms with Gasteiger partial charge in [0.15, 0.2) is 0 Å². The molecule has 0 aliphatic heterocycles. The van der Waals surface area contributed by atoms with Crippen LogP contribution in [0.2, 0.25) is 10.2 Å². The van der Waals surface area contributed by atoms with Crippen molar-refractivity contribution < 1.29 is 4.39 Å². The predicted molar refractivity (Wildman–Crippen MR) is 71.2 cm³/mol. The summed E-state index contributed by atoms with van der Waals surface area (Å²) >= 11 is 11.3. The Kier molecular flexibility index (Phi) is 4.53. The van der Waals surface area contributed by atoms with Gasteiger partial charge in [0, 0.05) is 19.3 Å². The summed E-state index contributed by atoms with van der Waals surface area (Å²) in [6.07, 6.45) is 1.71. The molecule has 1 N–H and O–H groups in total. The van der Waals surface area contributed by atoms with Crippen molar-refractivity contribution in [1.82, 2.24) is 10.3 Å². The van der Waals surface area contributed by atoms with E-state index in [1.807, 2.05) is 6.07 Å². The van der Waals surface area contributed by atoms with E-state index in [1.54, 1.807) is 24.4 Å². The molecule has 2 rings (SSSR count). The maximum absolute atomic E-state index is 13.2. The fraction of sp³-hybridized carbons (Fsp3) is 0.154. The molecule has 0 spiro atoms. The first-order valence-corrected chi connectivity index (χ1v) is 6.16. The van der Waals surface area contributed by atoms with Crippen LogP contribution in [0.25, 0.3) is 0 Å². The summed E-state index contributed by atoms with van der Waals surface area (Å²) in [6.45, 7) is 1.21. The van der Waals surface area contributed by atoms with E-state index in [4.69, 9.17) is 23.2 Å². The number of aromatic nitrogens is 1. The van der Waals surface area contributed by atoms with Gasteiger partial charge in [-0.05, 0) is 29.3 Å². The van der Waals surface area contributed by atoms with E-state index in [0.29, 0.717) is 18.2 Å². The molecule has 1 aromatic carbocycles. The predicted octanol–water partition coefficient (Wildman–Crippen LogP) is 3.82. The molecule has 18 heavy (non-hydrogen) atoms. The third-order valence-electron chi connectivity index (χ3n) is 2.43. The van der Waals surface area contributed by atoms with Gasteiger partial charge in [0.1, 0.15) is 11.0 Å². The lowest BCUT2D eigenvalue weighted by Gasteiger charge is -2.05. The van der Waals surface area contributed by atoms with E-state index < -0.39 is 5.82 Å². The first-order valence-electron chi connectivity index (χ1n) is 5.40. The van der Waals surface area contributed by atoms with Gasteiger partial charge < -0.3 is 5.32 Å². The highest BCUT2D eigenvalue weighted by Crippen LogP contribution is 2.15. The van der Waals surface area contributed by atoms with Gasteiger partial charge in [0.2, 0.25) is 0 Å². The molecule has 94 valence electrons. The monoisotopic (exact) mass is 284 g/mol. The minimum atomic E-state index is -0.399. The fourth-order valence-electron chi connectivity index (χ4n) is 1.51. The van der Waals surface area contributed by atoms with Gasteiger partial charge >= 0.3 is 0 Å². The maximum atomic E-state index is 13.2. The number of benzene rings is 1. The molecule has 0 atom stereocenters. The van der Waals surface area contributed by atoms with Crippen LogP contribution >= 0.6 is 23.2 Å². The van der Waals surface area contributed by atoms with Crippen molar-refractivity contribution in [3.8, 4) is 0 Å². The summed E-state index contributed by atoms with van der Waals surface area (Å²) in [5, 5.41) is 3.80. The van der Waals surface area contributed by atoms with Crippen LogP contribution in [0.5, 0.6) is 0 Å². The van der Waals surface area contributed by atoms with Crippen molar-refractivity contribution >= 4 is 23.2 Å². The number of hydrogen-bond acceptors (Lipinski definition) is 2. The smallest absolute Gasteiger partial charge is 0.142 e. The van der Waals surface area contributed by atoms with E-state index >= 15 is 0 Å². The van der Waals surface area contributed by atoms with Gasteiger partial charge in [-0.1, -0.05) is 35.3 Å². The van der Waals surface area contributed by atoms with Crippen molar-refractivity contribution in [1.29, 1.82) is 0 Å². The molecule has 1 heterocycles. The van der Waals surface area contributed by atoms with E-state index in [2.05, 4.69) is 10.3 Å². The van der Waals surface area contributed by atoms with Gasteiger partial charge in [0.05, 0.1) is 5.02 Å². The second-order valence-electron chi connectivity index (χ2n) is 3.84. The highest BCUT2D eigenvalue weighted by atomic mass is 35.5. The lowest BCUT2D eigenvalue weighted by atomic mass is 10.2. The van der Waals surface area contributed by atoms with E-state index in [-0.39, 0.29) is 5.02 Å². The largest absolute Gasteiger partial charge is 0.309 e. The van der Waals surface area contributed by atoms with Gasteiger partial charge in [-0.3, -0.25) is 0 Å². The second-order valence-corrected chi connectivity index (χ2v) is 4.64. The molecule has 1 aromatic heterocycles. The molecule has 0 fully saturated rings. The number of halogens is 3. The molecule has 0 saturated heterocycles. The molecule has 5 heteroatoms. The molecule has 0 amide bonds. The lowest BCUT2D eigenvalue weighted by molar-refractivity contribution is 0.620. The normalized spacial score (nSPS) is 10.6. The molecule has 0 saturated carbocycles. The number of rotatable bonds is 4. The Morgan fingerprint density at radius 2 is 1.78 bits per heavy atom. The summed E-state index contributed by atoms with van der Waals surface area (Å²) in [5.74, 6) is -0.399. The van der Waals surface area contributed by atoms with E-state index in [9.17, 15) is 4.39 Å². The Morgan fingerprint density at radius 1 is 1.06 bits per heavy atom. The third kappa shape index (κ3) is 3.67. The molecule has 0 radical (unpaired) electrons.